The van der Waals surface area contributed by atoms with Crippen LogP contribution >= 0.6 is 82.6 Å². The van der Waals surface area contributed by atoms with Crippen molar-refractivity contribution in [1.29, 1.82) is 0 Å². The fourth-order valence-corrected chi connectivity index (χ4v) is 10.6. The lowest BCUT2D eigenvalue weighted by molar-refractivity contribution is -0.141. The minimum atomic E-state index is -4.64. The molecule has 0 saturated heterocycles. The molecule has 0 N–H and O–H groups in total. The van der Waals surface area contributed by atoms with Gasteiger partial charge in [-0.2, -0.15) is 105 Å². The Morgan fingerprint density at radius 1 is 0.250 bits per heavy atom. The minimum absolute atomic E-state index is 0.0207. The van der Waals surface area contributed by atoms with E-state index in [4.69, 9.17) is 34.8 Å². The maximum absolute atomic E-state index is 13.0. The van der Waals surface area contributed by atoms with Gasteiger partial charge in [0.1, 0.15) is 11.6 Å². The first-order chi connectivity index (χ1) is 46.6. The molecule has 34 heteroatoms. The highest BCUT2D eigenvalue weighted by molar-refractivity contribution is 9.13. The maximum atomic E-state index is 13.0. The smallest absolute Gasteiger partial charge is 0.206 e. The van der Waals surface area contributed by atoms with Crippen molar-refractivity contribution in [3.8, 4) is 0 Å². The van der Waals surface area contributed by atoms with Crippen LogP contribution in [0, 0.1) is 120 Å². The average molecular weight is 1780 g/mol. The molecular formula is C70H58Br3Cl3F28. The molecule has 0 aromatic heterocycles. The predicted molar refractivity (Wildman–Crippen MR) is 356 cm³/mol. The molecular weight excluding hydrogens is 1720 g/mol. The van der Waals surface area contributed by atoms with E-state index in [-0.39, 0.29) is 42.3 Å². The maximum Gasteiger partial charge on any atom is 0.419 e. The highest BCUT2D eigenvalue weighted by Crippen LogP contribution is 2.42. The number of hydrogen-bond donors (Lipinski definition) is 0. The largest absolute Gasteiger partial charge is 0.419 e. The first-order valence-corrected chi connectivity index (χ1v) is 32.2. The van der Waals surface area contributed by atoms with Gasteiger partial charge in [0.15, 0.2) is 11.6 Å². The number of alkyl halides is 24. The zero-order chi connectivity index (χ0) is 81.8. The van der Waals surface area contributed by atoms with E-state index in [0.29, 0.717) is 76.2 Å². The van der Waals surface area contributed by atoms with Crippen LogP contribution in [0.3, 0.4) is 0 Å². The van der Waals surface area contributed by atoms with Gasteiger partial charge >= 0.3 is 49.4 Å². The lowest BCUT2D eigenvalue weighted by atomic mass is 10.00. The topological polar surface area (TPSA) is 0 Å². The zero-order valence-corrected chi connectivity index (χ0v) is 63.1. The van der Waals surface area contributed by atoms with Crippen LogP contribution < -0.4 is 0 Å². The van der Waals surface area contributed by atoms with E-state index in [1.807, 2.05) is 0 Å². The highest BCUT2D eigenvalue weighted by Gasteiger charge is 2.39. The summed E-state index contributed by atoms with van der Waals surface area (Å²) >= 11 is 25.8. The Balaban J connectivity index is 0.000000594. The molecule has 0 bridgehead atoms. The van der Waals surface area contributed by atoms with Gasteiger partial charge in [-0.1, -0.05) is 87.4 Å². The first-order valence-electron chi connectivity index (χ1n) is 28.7. The van der Waals surface area contributed by atoms with Gasteiger partial charge in [-0.25, -0.2) is 17.6 Å². The molecule has 0 spiro atoms. The molecule has 104 heavy (non-hydrogen) atoms. The van der Waals surface area contributed by atoms with Crippen molar-refractivity contribution in [2.75, 3.05) is 0 Å². The molecule has 0 radical (unpaired) electrons. The second-order valence-corrected chi connectivity index (χ2v) is 26.4. The predicted octanol–water partition coefficient (Wildman–Crippen LogP) is 30.8. The minimum Gasteiger partial charge on any atom is -0.206 e. The lowest BCUT2D eigenvalue weighted by Gasteiger charge is -2.13. The molecule has 0 heterocycles. The van der Waals surface area contributed by atoms with Crippen molar-refractivity contribution in [3.63, 3.8) is 0 Å². The van der Waals surface area contributed by atoms with Gasteiger partial charge in [-0.15, -0.1) is 0 Å². The third-order valence-corrected chi connectivity index (χ3v) is 18.2. The molecule has 8 rings (SSSR count). The molecule has 0 fully saturated rings. The van der Waals surface area contributed by atoms with Crippen LogP contribution in [-0.4, -0.2) is 0 Å². The van der Waals surface area contributed by atoms with Crippen molar-refractivity contribution >= 4 is 82.6 Å². The van der Waals surface area contributed by atoms with E-state index in [9.17, 15) is 123 Å². The molecule has 0 aliphatic heterocycles. The van der Waals surface area contributed by atoms with Gasteiger partial charge in [0.25, 0.3) is 0 Å². The number of benzene rings is 8. The number of halogens is 34. The quantitative estimate of drug-likeness (QED) is 0.133. The van der Waals surface area contributed by atoms with Crippen LogP contribution in [0.25, 0.3) is 0 Å². The van der Waals surface area contributed by atoms with Crippen LogP contribution in [-0.2, 0) is 49.4 Å². The molecule has 0 amide bonds. The van der Waals surface area contributed by atoms with Crippen molar-refractivity contribution in [2.45, 2.75) is 146 Å². The molecule has 576 valence electrons. The highest BCUT2D eigenvalue weighted by atomic mass is 79.9. The Bertz CT molecular complexity index is 3730. The normalized spacial score (nSPS) is 11.8. The van der Waals surface area contributed by atoms with Gasteiger partial charge in [0, 0.05) is 13.4 Å². The second kappa shape index (κ2) is 37.8. The van der Waals surface area contributed by atoms with Crippen LogP contribution in [0.2, 0.25) is 15.1 Å². The van der Waals surface area contributed by atoms with Crippen LogP contribution in [0.15, 0.2) is 110 Å². The third-order valence-electron chi connectivity index (χ3n) is 13.6. The molecule has 0 atom stereocenters. The average Bonchev–Trinajstić information content (AvgIpc) is 0.845. The first kappa shape index (κ1) is 96.1. The summed E-state index contributed by atoms with van der Waals surface area (Å²) in [6.45, 7) is 21.1. The molecule has 8 aromatic carbocycles. The van der Waals surface area contributed by atoms with Crippen molar-refractivity contribution in [3.05, 3.63) is 271 Å². The molecule has 0 aliphatic rings. The second-order valence-electron chi connectivity index (χ2n) is 22.8. The SMILES string of the molecule is Cc1cc(C(F)(F)F)cc(Br)c1Br.Cc1cc(C(F)(F)F)cc(Cl)c1Cl.Cc1cc(C(F)(F)F)cc(F)c1F.Cc1cc(C)c(Br)c(C(F)(F)F)c1.Cc1cc(C)c(C(F)(F)F)c(F)c1.Cc1cc(C)c(C)c(C(F)(F)F)c1.Cc1cc(C)c(Cl)c(C(F)(F)F)c1.Cc1cc(C)c(F)c(C(F)(F)F)c1. The number of aryl methyl sites for hydroxylation is 13. The molecule has 0 aliphatic carbocycles. The Morgan fingerprint density at radius 3 is 0.962 bits per heavy atom. The van der Waals surface area contributed by atoms with E-state index in [1.165, 1.54) is 52.8 Å². The van der Waals surface area contributed by atoms with Crippen LogP contribution in [0.4, 0.5) is 123 Å². The fraction of sp³-hybridized carbons (Fsp3) is 0.314. The Morgan fingerprint density at radius 2 is 0.567 bits per heavy atom. The third kappa shape index (κ3) is 30.0. The van der Waals surface area contributed by atoms with Gasteiger partial charge in [0.05, 0.1) is 59.6 Å². The van der Waals surface area contributed by atoms with Crippen molar-refractivity contribution in [1.82, 2.24) is 0 Å². The zero-order valence-electron chi connectivity index (χ0n) is 56.1. The molecule has 0 saturated carbocycles. The van der Waals surface area contributed by atoms with E-state index < -0.39 is 117 Å². The van der Waals surface area contributed by atoms with Gasteiger partial charge in [0.2, 0.25) is 0 Å². The summed E-state index contributed by atoms with van der Waals surface area (Å²) in [5.41, 5.74) is -1.58. The van der Waals surface area contributed by atoms with Crippen molar-refractivity contribution < 1.29 is 123 Å². The lowest BCUT2D eigenvalue weighted by Crippen LogP contribution is -2.10. The van der Waals surface area contributed by atoms with Gasteiger partial charge in [-0.3, -0.25) is 0 Å². The Hall–Kier alpha value is -5.89. The van der Waals surface area contributed by atoms with Crippen LogP contribution in [0.1, 0.15) is 122 Å². The van der Waals surface area contributed by atoms with Gasteiger partial charge in [-0.05, 0) is 267 Å². The summed E-state index contributed by atoms with van der Waals surface area (Å²) in [5.74, 6) is -5.11. The fourth-order valence-electron chi connectivity index (χ4n) is 8.75. The summed E-state index contributed by atoms with van der Waals surface area (Å²) in [5, 5.41) is -0.123. The Labute approximate surface area is 619 Å². The standard InChI is InChI=1S/C10H11F3.C9H8BrF3.C9H8ClF3.2C9H8F4.C8H5Br2F3.C8H5Cl2F3.C8H5F5/c1-6-4-7(2)8(3)9(5-6)10(11,12)13;2*1-5-3-6(2)8(10)7(4-5)9(11,12)13;1-5-3-6(2)8(7(10)4-5)9(11,12)13;1-5-3-6(2)8(10)7(4-5)9(11,12)13;3*1-4-2-5(8(11,12)13)3-6(9)7(4)10/h4-5H,1-3H3;4*3-4H,1-2H3;3*2-3H,1H3. The monoisotopic (exact) mass is 1770 g/mol. The summed E-state index contributed by atoms with van der Waals surface area (Å²) < 4.78 is 346. The summed E-state index contributed by atoms with van der Waals surface area (Å²) in [4.78, 5) is 0. The Kier molecular flexibility index (Phi) is 34.9. The van der Waals surface area contributed by atoms with E-state index in [1.54, 1.807) is 73.6 Å². The van der Waals surface area contributed by atoms with E-state index in [2.05, 4.69) is 47.8 Å². The van der Waals surface area contributed by atoms with E-state index >= 15 is 0 Å². The molecule has 0 unspecified atom stereocenters. The molecule has 8 aromatic rings. The van der Waals surface area contributed by atoms with E-state index in [0.717, 1.165) is 55.5 Å². The van der Waals surface area contributed by atoms with Crippen LogP contribution in [0.5, 0.6) is 0 Å². The summed E-state index contributed by atoms with van der Waals surface area (Å²) in [7, 11) is 0. The van der Waals surface area contributed by atoms with Crippen molar-refractivity contribution in [2.24, 2.45) is 0 Å². The summed E-state index contributed by atoms with van der Waals surface area (Å²) in [6, 6.07) is 17.5. The molecule has 0 nitrogen and oxygen atoms in total. The number of hydrogen-bond acceptors (Lipinski definition) is 0. The summed E-state index contributed by atoms with van der Waals surface area (Å²) in [6.07, 6.45) is -35.4. The number of rotatable bonds is 0. The van der Waals surface area contributed by atoms with Gasteiger partial charge < -0.3 is 0 Å².